The van der Waals surface area contributed by atoms with Crippen molar-refractivity contribution in [2.45, 2.75) is 38.8 Å². The molecule has 104 valence electrons. The van der Waals surface area contributed by atoms with Gasteiger partial charge in [-0.15, -0.1) is 0 Å². The van der Waals surface area contributed by atoms with Gasteiger partial charge in [-0.25, -0.2) is 0 Å². The molecular weight excluding hydrogens is 238 g/mol. The molecule has 0 spiro atoms. The van der Waals surface area contributed by atoms with Crippen molar-refractivity contribution in [3.05, 3.63) is 23.8 Å². The lowest BCUT2D eigenvalue weighted by molar-refractivity contribution is -0.117. The number of carbonyl (C=O) groups is 1. The summed E-state index contributed by atoms with van der Waals surface area (Å²) >= 11 is 0. The second kappa shape index (κ2) is 4.85. The topological polar surface area (TPSA) is 44.4 Å². The highest BCUT2D eigenvalue weighted by atomic mass is 16.2. The van der Waals surface area contributed by atoms with E-state index in [1.807, 2.05) is 6.07 Å². The standard InChI is InChI=1S/C15H23N3O/c1-6-15(2,3)18(5)10-7-8-11-12(9-10)17-14(19)13(11)16-4/h7-9,13,16H,6H2,1-5H3,(H,17,19). The first-order valence-corrected chi connectivity index (χ1v) is 6.76. The molecule has 1 aliphatic rings. The normalized spacial score (nSPS) is 18.2. The van der Waals surface area contributed by atoms with Crippen LogP contribution in [0.4, 0.5) is 11.4 Å². The number of nitrogens with zero attached hydrogens (tertiary/aromatic N) is 1. The van der Waals surface area contributed by atoms with Gasteiger partial charge in [0.05, 0.1) is 0 Å². The largest absolute Gasteiger partial charge is 0.369 e. The van der Waals surface area contributed by atoms with Crippen LogP contribution in [-0.2, 0) is 4.79 Å². The van der Waals surface area contributed by atoms with Crippen molar-refractivity contribution in [2.75, 3.05) is 24.3 Å². The van der Waals surface area contributed by atoms with E-state index in [1.165, 1.54) is 0 Å². The Morgan fingerprint density at radius 3 is 2.68 bits per heavy atom. The van der Waals surface area contributed by atoms with Crippen molar-refractivity contribution in [3.63, 3.8) is 0 Å². The van der Waals surface area contributed by atoms with Crippen LogP contribution < -0.4 is 15.5 Å². The molecule has 4 heteroatoms. The number of anilines is 2. The number of likely N-dealkylation sites (N-methyl/N-ethyl adjacent to an activating group) is 1. The average molecular weight is 261 g/mol. The number of carbonyl (C=O) groups excluding carboxylic acids is 1. The summed E-state index contributed by atoms with van der Waals surface area (Å²) in [5.41, 5.74) is 3.17. The third-order valence-corrected chi connectivity index (χ3v) is 4.32. The SMILES string of the molecule is CCC(C)(C)N(C)c1ccc2c(c1)NC(=O)C2NC. The fraction of sp³-hybridized carbons (Fsp3) is 0.533. The highest BCUT2D eigenvalue weighted by molar-refractivity contribution is 6.03. The maximum absolute atomic E-state index is 11.8. The Bertz CT molecular complexity index is 496. The maximum atomic E-state index is 11.8. The Morgan fingerprint density at radius 2 is 2.11 bits per heavy atom. The predicted octanol–water partition coefficient (Wildman–Crippen LogP) is 2.52. The number of rotatable bonds is 4. The van der Waals surface area contributed by atoms with Crippen molar-refractivity contribution < 1.29 is 4.79 Å². The summed E-state index contributed by atoms with van der Waals surface area (Å²) in [6, 6.07) is 5.95. The van der Waals surface area contributed by atoms with Crippen LogP contribution in [-0.4, -0.2) is 25.5 Å². The molecule has 1 aliphatic heterocycles. The summed E-state index contributed by atoms with van der Waals surface area (Å²) in [4.78, 5) is 14.1. The van der Waals surface area contributed by atoms with Gasteiger partial charge in [-0.2, -0.15) is 0 Å². The molecule has 1 amide bonds. The van der Waals surface area contributed by atoms with Gasteiger partial charge in [-0.1, -0.05) is 13.0 Å². The summed E-state index contributed by atoms with van der Waals surface area (Å²) in [5, 5.41) is 5.97. The first kappa shape index (κ1) is 13.9. The molecule has 4 nitrogen and oxygen atoms in total. The van der Waals surface area contributed by atoms with Gasteiger partial charge in [0, 0.05) is 29.5 Å². The zero-order valence-corrected chi connectivity index (χ0v) is 12.4. The van der Waals surface area contributed by atoms with Gasteiger partial charge in [0.25, 0.3) is 0 Å². The summed E-state index contributed by atoms with van der Waals surface area (Å²) in [5.74, 6) is 0.0204. The highest BCUT2D eigenvalue weighted by Gasteiger charge is 2.30. The number of benzene rings is 1. The second-order valence-electron chi connectivity index (χ2n) is 5.71. The fourth-order valence-electron chi connectivity index (χ4n) is 2.33. The molecule has 2 rings (SSSR count). The van der Waals surface area contributed by atoms with E-state index in [2.05, 4.69) is 55.5 Å². The van der Waals surface area contributed by atoms with Crippen molar-refractivity contribution >= 4 is 17.3 Å². The van der Waals surface area contributed by atoms with Crippen LogP contribution in [0.5, 0.6) is 0 Å². The van der Waals surface area contributed by atoms with E-state index in [-0.39, 0.29) is 17.5 Å². The smallest absolute Gasteiger partial charge is 0.246 e. The fourth-order valence-corrected chi connectivity index (χ4v) is 2.33. The molecule has 0 aliphatic carbocycles. The van der Waals surface area contributed by atoms with E-state index in [0.717, 1.165) is 23.4 Å². The zero-order chi connectivity index (χ0) is 14.2. The number of hydrogen-bond acceptors (Lipinski definition) is 3. The molecular formula is C15H23N3O. The monoisotopic (exact) mass is 261 g/mol. The van der Waals surface area contributed by atoms with E-state index in [1.54, 1.807) is 7.05 Å². The lowest BCUT2D eigenvalue weighted by atomic mass is 9.98. The molecule has 0 fully saturated rings. The minimum absolute atomic E-state index is 0.0204. The van der Waals surface area contributed by atoms with Crippen LogP contribution in [0.2, 0.25) is 0 Å². The zero-order valence-electron chi connectivity index (χ0n) is 12.4. The summed E-state index contributed by atoms with van der Waals surface area (Å²) in [6.07, 6.45) is 1.06. The molecule has 1 aromatic carbocycles. The second-order valence-corrected chi connectivity index (χ2v) is 5.71. The molecule has 0 saturated carbocycles. The van der Waals surface area contributed by atoms with Gasteiger partial charge in [0.15, 0.2) is 0 Å². The third-order valence-electron chi connectivity index (χ3n) is 4.32. The Labute approximate surface area is 115 Å². The van der Waals surface area contributed by atoms with E-state index in [9.17, 15) is 4.79 Å². The van der Waals surface area contributed by atoms with Crippen molar-refractivity contribution in [2.24, 2.45) is 0 Å². The molecule has 0 saturated heterocycles. The predicted molar refractivity (Wildman–Crippen MR) is 79.6 cm³/mol. The highest BCUT2D eigenvalue weighted by Crippen LogP contribution is 2.35. The van der Waals surface area contributed by atoms with Gasteiger partial charge in [-0.05, 0) is 39.4 Å². The van der Waals surface area contributed by atoms with Crippen molar-refractivity contribution in [1.82, 2.24) is 5.32 Å². The molecule has 2 N–H and O–H groups in total. The van der Waals surface area contributed by atoms with Crippen LogP contribution in [0.15, 0.2) is 18.2 Å². The molecule has 1 heterocycles. The Hall–Kier alpha value is -1.55. The average Bonchev–Trinajstić information content (AvgIpc) is 2.71. The van der Waals surface area contributed by atoms with Crippen LogP contribution >= 0.6 is 0 Å². The van der Waals surface area contributed by atoms with E-state index >= 15 is 0 Å². The van der Waals surface area contributed by atoms with E-state index in [4.69, 9.17) is 0 Å². The van der Waals surface area contributed by atoms with Gasteiger partial charge in [0.2, 0.25) is 5.91 Å². The molecule has 0 bridgehead atoms. The lowest BCUT2D eigenvalue weighted by Crippen LogP contribution is -2.40. The van der Waals surface area contributed by atoms with Gasteiger partial charge >= 0.3 is 0 Å². The van der Waals surface area contributed by atoms with Crippen LogP contribution in [0.3, 0.4) is 0 Å². The minimum Gasteiger partial charge on any atom is -0.369 e. The Kier molecular flexibility index (Phi) is 3.54. The molecule has 0 radical (unpaired) electrons. The minimum atomic E-state index is -0.228. The number of nitrogens with one attached hydrogen (secondary N) is 2. The molecule has 1 unspecified atom stereocenters. The summed E-state index contributed by atoms with van der Waals surface area (Å²) in [7, 11) is 3.90. The third kappa shape index (κ3) is 2.32. The van der Waals surface area contributed by atoms with Crippen molar-refractivity contribution in [3.8, 4) is 0 Å². The number of fused-ring (bicyclic) bond motifs is 1. The molecule has 1 atom stereocenters. The Balaban J connectivity index is 2.34. The molecule has 1 aromatic rings. The Morgan fingerprint density at radius 1 is 1.42 bits per heavy atom. The maximum Gasteiger partial charge on any atom is 0.246 e. The van der Waals surface area contributed by atoms with Crippen LogP contribution in [0, 0.1) is 0 Å². The number of hydrogen-bond donors (Lipinski definition) is 2. The van der Waals surface area contributed by atoms with Crippen molar-refractivity contribution in [1.29, 1.82) is 0 Å². The van der Waals surface area contributed by atoms with Crippen LogP contribution in [0.1, 0.15) is 38.8 Å². The molecule has 19 heavy (non-hydrogen) atoms. The quantitative estimate of drug-likeness (QED) is 0.875. The van der Waals surface area contributed by atoms with Gasteiger partial charge in [-0.3, -0.25) is 4.79 Å². The summed E-state index contributed by atoms with van der Waals surface area (Å²) < 4.78 is 0. The van der Waals surface area contributed by atoms with E-state index in [0.29, 0.717) is 0 Å². The lowest BCUT2D eigenvalue weighted by Gasteiger charge is -2.37. The van der Waals surface area contributed by atoms with Gasteiger partial charge in [0.1, 0.15) is 6.04 Å². The summed E-state index contributed by atoms with van der Waals surface area (Å²) in [6.45, 7) is 6.62. The van der Waals surface area contributed by atoms with Crippen LogP contribution in [0.25, 0.3) is 0 Å². The van der Waals surface area contributed by atoms with E-state index < -0.39 is 0 Å². The molecule has 0 aromatic heterocycles. The van der Waals surface area contributed by atoms with Gasteiger partial charge < -0.3 is 15.5 Å². The number of amides is 1. The first-order valence-electron chi connectivity index (χ1n) is 6.76. The first-order chi connectivity index (χ1) is 8.90.